The summed E-state index contributed by atoms with van der Waals surface area (Å²) < 4.78 is 33.9. The second kappa shape index (κ2) is 11.0. The predicted octanol–water partition coefficient (Wildman–Crippen LogP) is 3.10. The molecule has 1 fully saturated rings. The zero-order valence-electron chi connectivity index (χ0n) is 20.3. The first kappa shape index (κ1) is 25.7. The van der Waals surface area contributed by atoms with Crippen LogP contribution in [-0.4, -0.2) is 73.9 Å². The van der Waals surface area contributed by atoms with Crippen LogP contribution in [-0.2, 0) is 26.1 Å². The molecule has 0 radical (unpaired) electrons. The molecule has 2 aromatic carbocycles. The number of carbonyl (C=O) groups is 2. The highest BCUT2D eigenvalue weighted by Crippen LogP contribution is 2.26. The van der Waals surface area contributed by atoms with Gasteiger partial charge in [0.1, 0.15) is 0 Å². The quantitative estimate of drug-likeness (QED) is 0.599. The number of rotatable bonds is 7. The van der Waals surface area contributed by atoms with E-state index in [9.17, 15) is 18.0 Å². The highest BCUT2D eigenvalue weighted by molar-refractivity contribution is 7.89. The predicted molar refractivity (Wildman–Crippen MR) is 130 cm³/mol. The molecule has 8 nitrogen and oxygen atoms in total. The van der Waals surface area contributed by atoms with Crippen molar-refractivity contribution in [3.63, 3.8) is 0 Å². The lowest BCUT2D eigenvalue weighted by atomic mass is 10.1. The van der Waals surface area contributed by atoms with Crippen molar-refractivity contribution < 1.29 is 22.7 Å². The molecule has 0 spiro atoms. The van der Waals surface area contributed by atoms with E-state index in [1.807, 2.05) is 49.4 Å². The van der Waals surface area contributed by atoms with Crippen LogP contribution >= 0.6 is 0 Å². The Labute approximate surface area is 202 Å². The molecular formula is C25H33N3O5S. The van der Waals surface area contributed by atoms with E-state index in [0.717, 1.165) is 11.1 Å². The van der Waals surface area contributed by atoms with E-state index in [1.54, 1.807) is 30.6 Å². The van der Waals surface area contributed by atoms with E-state index in [-0.39, 0.29) is 23.9 Å². The standard InChI is InChI=1S/C25H33N3O5S/c1-5-33-25(30)27-13-11-26(12-14-27)23(29)18-28(17-22-9-7-6-8-10-22)34(31,32)24-20(3)15-19(2)16-21(24)4/h6-10,15-16H,5,11-14,17-18H2,1-4H3. The number of ether oxygens (including phenoxy) is 1. The van der Waals surface area contributed by atoms with Gasteiger partial charge >= 0.3 is 6.09 Å². The van der Waals surface area contributed by atoms with Gasteiger partial charge in [0.2, 0.25) is 15.9 Å². The van der Waals surface area contributed by atoms with Crippen LogP contribution in [0.5, 0.6) is 0 Å². The summed E-state index contributed by atoms with van der Waals surface area (Å²) >= 11 is 0. The van der Waals surface area contributed by atoms with Crippen LogP contribution in [0.25, 0.3) is 0 Å². The molecule has 2 aromatic rings. The van der Waals surface area contributed by atoms with E-state index in [0.29, 0.717) is 43.9 Å². The first-order chi connectivity index (χ1) is 16.1. The normalized spacial score (nSPS) is 14.4. The largest absolute Gasteiger partial charge is 0.450 e. The van der Waals surface area contributed by atoms with Gasteiger partial charge in [0.25, 0.3) is 0 Å². The monoisotopic (exact) mass is 487 g/mol. The SMILES string of the molecule is CCOC(=O)N1CCN(C(=O)CN(Cc2ccccc2)S(=O)(=O)c2c(C)cc(C)cc2C)CC1. The topological polar surface area (TPSA) is 87.2 Å². The van der Waals surface area contributed by atoms with Gasteiger partial charge in [-0.2, -0.15) is 4.31 Å². The second-order valence-electron chi connectivity index (χ2n) is 8.55. The lowest BCUT2D eigenvalue weighted by Gasteiger charge is -2.35. The third-order valence-electron chi connectivity index (χ3n) is 5.87. The molecule has 0 N–H and O–H groups in total. The van der Waals surface area contributed by atoms with E-state index in [1.165, 1.54) is 4.31 Å². The third-order valence-corrected chi connectivity index (χ3v) is 7.97. The minimum atomic E-state index is -3.94. The molecule has 3 rings (SSSR count). The molecule has 2 amide bonds. The third kappa shape index (κ3) is 5.95. The van der Waals surface area contributed by atoms with Gasteiger partial charge < -0.3 is 14.5 Å². The molecule has 0 atom stereocenters. The maximum atomic E-state index is 13.8. The molecule has 0 aliphatic carbocycles. The Morgan fingerprint density at radius 1 is 0.941 bits per heavy atom. The zero-order chi connectivity index (χ0) is 24.9. The van der Waals surface area contributed by atoms with Crippen LogP contribution < -0.4 is 0 Å². The highest BCUT2D eigenvalue weighted by Gasteiger charge is 2.32. The number of aryl methyl sites for hydroxylation is 3. The van der Waals surface area contributed by atoms with Crippen LogP contribution in [0.1, 0.15) is 29.2 Å². The highest BCUT2D eigenvalue weighted by atomic mass is 32.2. The Morgan fingerprint density at radius 3 is 2.06 bits per heavy atom. The summed E-state index contributed by atoms with van der Waals surface area (Å²) in [6.07, 6.45) is -0.395. The van der Waals surface area contributed by atoms with Crippen molar-refractivity contribution in [3.05, 3.63) is 64.7 Å². The van der Waals surface area contributed by atoms with E-state index in [4.69, 9.17) is 4.74 Å². The molecule has 0 unspecified atom stereocenters. The molecular weight excluding hydrogens is 454 g/mol. The number of piperazine rings is 1. The van der Waals surface area contributed by atoms with Gasteiger partial charge in [-0.05, 0) is 44.4 Å². The molecule has 1 heterocycles. The Balaban J connectivity index is 1.83. The average molecular weight is 488 g/mol. The molecule has 0 bridgehead atoms. The molecule has 1 aliphatic rings. The van der Waals surface area contributed by atoms with Gasteiger partial charge in [0.05, 0.1) is 18.0 Å². The first-order valence-electron chi connectivity index (χ1n) is 11.4. The van der Waals surface area contributed by atoms with Gasteiger partial charge in [-0.3, -0.25) is 4.79 Å². The Hall–Kier alpha value is -2.91. The minimum absolute atomic E-state index is 0.0878. The van der Waals surface area contributed by atoms with Crippen molar-refractivity contribution in [1.29, 1.82) is 0 Å². The number of benzene rings is 2. The smallest absolute Gasteiger partial charge is 0.409 e. The van der Waals surface area contributed by atoms with Crippen molar-refractivity contribution in [2.24, 2.45) is 0 Å². The average Bonchev–Trinajstić information content (AvgIpc) is 2.78. The Kier molecular flexibility index (Phi) is 8.33. The van der Waals surface area contributed by atoms with Gasteiger partial charge in [-0.25, -0.2) is 13.2 Å². The summed E-state index contributed by atoms with van der Waals surface area (Å²) in [5, 5.41) is 0. The van der Waals surface area contributed by atoms with Crippen molar-refractivity contribution in [3.8, 4) is 0 Å². The maximum Gasteiger partial charge on any atom is 0.409 e. The Bertz CT molecular complexity index is 1100. The summed E-state index contributed by atoms with van der Waals surface area (Å²) in [5.74, 6) is -0.287. The second-order valence-corrected chi connectivity index (χ2v) is 10.4. The minimum Gasteiger partial charge on any atom is -0.450 e. The van der Waals surface area contributed by atoms with Crippen molar-refractivity contribution in [2.75, 3.05) is 39.3 Å². The number of hydrogen-bond donors (Lipinski definition) is 0. The number of nitrogens with zero attached hydrogens (tertiary/aromatic N) is 3. The molecule has 1 aliphatic heterocycles. The number of hydrogen-bond acceptors (Lipinski definition) is 5. The molecule has 0 saturated carbocycles. The Morgan fingerprint density at radius 2 is 1.50 bits per heavy atom. The summed E-state index contributed by atoms with van der Waals surface area (Å²) in [7, 11) is -3.94. The summed E-state index contributed by atoms with van der Waals surface area (Å²) in [4.78, 5) is 28.5. The van der Waals surface area contributed by atoms with Gasteiger partial charge in [-0.1, -0.05) is 48.0 Å². The molecule has 9 heteroatoms. The van der Waals surface area contributed by atoms with E-state index < -0.39 is 16.1 Å². The van der Waals surface area contributed by atoms with Crippen LogP contribution in [0.3, 0.4) is 0 Å². The van der Waals surface area contributed by atoms with Gasteiger partial charge in [-0.15, -0.1) is 0 Å². The summed E-state index contributed by atoms with van der Waals surface area (Å²) in [5.41, 5.74) is 3.10. The van der Waals surface area contributed by atoms with Crippen LogP contribution in [0.2, 0.25) is 0 Å². The number of carbonyl (C=O) groups excluding carboxylic acids is 2. The fourth-order valence-corrected chi connectivity index (χ4v) is 6.11. The summed E-state index contributed by atoms with van der Waals surface area (Å²) in [6, 6.07) is 12.9. The van der Waals surface area contributed by atoms with Crippen LogP contribution in [0, 0.1) is 20.8 Å². The van der Waals surface area contributed by atoms with Gasteiger partial charge in [0, 0.05) is 32.7 Å². The van der Waals surface area contributed by atoms with Crippen LogP contribution in [0.4, 0.5) is 4.79 Å². The van der Waals surface area contributed by atoms with Gasteiger partial charge in [0.15, 0.2) is 0 Å². The van der Waals surface area contributed by atoms with Crippen molar-refractivity contribution in [1.82, 2.24) is 14.1 Å². The number of sulfonamides is 1. The molecule has 184 valence electrons. The van der Waals surface area contributed by atoms with Crippen molar-refractivity contribution >= 4 is 22.0 Å². The molecule has 34 heavy (non-hydrogen) atoms. The molecule has 1 saturated heterocycles. The zero-order valence-corrected chi connectivity index (χ0v) is 21.1. The van der Waals surface area contributed by atoms with E-state index >= 15 is 0 Å². The van der Waals surface area contributed by atoms with Crippen LogP contribution in [0.15, 0.2) is 47.4 Å². The fraction of sp³-hybridized carbons (Fsp3) is 0.440. The van der Waals surface area contributed by atoms with E-state index in [2.05, 4.69) is 0 Å². The lowest BCUT2D eigenvalue weighted by molar-refractivity contribution is -0.133. The molecule has 0 aromatic heterocycles. The fourth-order valence-electron chi connectivity index (χ4n) is 4.32. The number of amides is 2. The first-order valence-corrected chi connectivity index (χ1v) is 12.9. The lowest BCUT2D eigenvalue weighted by Crippen LogP contribution is -2.53. The summed E-state index contributed by atoms with van der Waals surface area (Å²) in [6.45, 7) is 8.72. The van der Waals surface area contributed by atoms with Crippen molar-refractivity contribution in [2.45, 2.75) is 39.1 Å². The maximum absolute atomic E-state index is 13.8.